The minimum atomic E-state index is -4.73. The van der Waals surface area contributed by atoms with Gasteiger partial charge in [-0.15, -0.1) is 5.10 Å². The molecule has 0 bridgehead atoms. The molecule has 1 unspecified atom stereocenters. The van der Waals surface area contributed by atoms with Crippen LogP contribution in [0.5, 0.6) is 0 Å². The summed E-state index contributed by atoms with van der Waals surface area (Å²) < 4.78 is 40.6. The van der Waals surface area contributed by atoms with Gasteiger partial charge in [-0.05, 0) is 42.3 Å². The molecule has 1 atom stereocenters. The molecule has 0 spiro atoms. The molecule has 1 aromatic heterocycles. The summed E-state index contributed by atoms with van der Waals surface area (Å²) in [5, 5.41) is 21.9. The quantitative estimate of drug-likeness (QED) is 0.610. The first kappa shape index (κ1) is 23.1. The molecule has 0 aliphatic rings. The minimum Gasteiger partial charge on any atom is -0.270 e. The van der Waals surface area contributed by atoms with Crippen molar-refractivity contribution in [1.29, 1.82) is 10.5 Å². The van der Waals surface area contributed by atoms with Crippen LogP contribution < -0.4 is 11.2 Å². The average molecular weight is 480 g/mol. The topological polar surface area (TPSA) is 115 Å². The standard InChI is InChI=1S/C20H10Cl2F3N5O2/c1-19(9-27,10-2-5-14(21)13(6-10)20(23,24)25)12-4-3-11(7-15(12)22)30-18(32)28-17(31)16(8-26)29-30/h2-7H,1H3,(H,28,31,32). The maximum atomic E-state index is 13.3. The summed E-state index contributed by atoms with van der Waals surface area (Å²) in [5.41, 5.74) is -4.96. The van der Waals surface area contributed by atoms with Gasteiger partial charge in [0.2, 0.25) is 5.69 Å². The summed E-state index contributed by atoms with van der Waals surface area (Å²) in [6, 6.07) is 10.5. The number of nitrogens with one attached hydrogen (secondary N) is 1. The van der Waals surface area contributed by atoms with E-state index in [0.29, 0.717) is 0 Å². The van der Waals surface area contributed by atoms with E-state index in [4.69, 9.17) is 28.5 Å². The summed E-state index contributed by atoms with van der Waals surface area (Å²) in [4.78, 5) is 25.5. The Hall–Kier alpha value is -3.60. The molecule has 3 rings (SSSR count). The van der Waals surface area contributed by atoms with E-state index in [-0.39, 0.29) is 21.8 Å². The van der Waals surface area contributed by atoms with Crippen LogP contribution in [0.4, 0.5) is 13.2 Å². The molecule has 3 aromatic rings. The molecule has 162 valence electrons. The number of hydrogen-bond donors (Lipinski definition) is 1. The smallest absolute Gasteiger partial charge is 0.270 e. The van der Waals surface area contributed by atoms with Crippen LogP contribution in [0.25, 0.3) is 5.69 Å². The van der Waals surface area contributed by atoms with Crippen LogP contribution in [-0.4, -0.2) is 14.8 Å². The van der Waals surface area contributed by atoms with Crippen LogP contribution in [0.2, 0.25) is 10.0 Å². The Labute approximate surface area is 187 Å². The van der Waals surface area contributed by atoms with Crippen LogP contribution in [0.15, 0.2) is 46.0 Å². The normalized spacial score (nSPS) is 13.1. The second-order valence-corrected chi connectivity index (χ2v) is 7.54. The Morgan fingerprint density at radius 3 is 2.28 bits per heavy atom. The highest BCUT2D eigenvalue weighted by Crippen LogP contribution is 2.41. The van der Waals surface area contributed by atoms with E-state index in [1.54, 1.807) is 6.07 Å². The molecular weight excluding hydrogens is 470 g/mol. The van der Waals surface area contributed by atoms with E-state index in [1.165, 1.54) is 31.2 Å². The molecule has 0 saturated carbocycles. The zero-order valence-electron chi connectivity index (χ0n) is 16.0. The first-order chi connectivity index (χ1) is 14.9. The van der Waals surface area contributed by atoms with Gasteiger partial charge in [0.1, 0.15) is 11.5 Å². The van der Waals surface area contributed by atoms with E-state index in [2.05, 4.69) is 5.10 Å². The predicted molar refractivity (Wildman–Crippen MR) is 109 cm³/mol. The number of rotatable bonds is 3. The summed E-state index contributed by atoms with van der Waals surface area (Å²) in [6.45, 7) is 1.38. The van der Waals surface area contributed by atoms with Crippen LogP contribution in [0, 0.1) is 22.7 Å². The molecule has 2 aromatic carbocycles. The van der Waals surface area contributed by atoms with Crippen molar-refractivity contribution < 1.29 is 13.2 Å². The van der Waals surface area contributed by atoms with Gasteiger partial charge in [0.05, 0.1) is 22.3 Å². The van der Waals surface area contributed by atoms with E-state index in [9.17, 15) is 28.0 Å². The number of aromatic nitrogens is 3. The highest BCUT2D eigenvalue weighted by atomic mass is 35.5. The molecule has 0 fully saturated rings. The van der Waals surface area contributed by atoms with Crippen LogP contribution in [0.3, 0.4) is 0 Å². The second-order valence-electron chi connectivity index (χ2n) is 6.72. The van der Waals surface area contributed by atoms with E-state index in [0.717, 1.165) is 16.8 Å². The van der Waals surface area contributed by atoms with Crippen LogP contribution in [0.1, 0.15) is 29.3 Å². The van der Waals surface area contributed by atoms with Gasteiger partial charge in [-0.1, -0.05) is 35.3 Å². The van der Waals surface area contributed by atoms with Gasteiger partial charge in [-0.3, -0.25) is 9.78 Å². The molecular formula is C20H10Cl2F3N5O2. The maximum absolute atomic E-state index is 13.3. The fourth-order valence-electron chi connectivity index (χ4n) is 3.02. The number of nitriles is 2. The molecule has 0 saturated heterocycles. The van der Waals surface area contributed by atoms with Gasteiger partial charge in [0.25, 0.3) is 5.56 Å². The number of aromatic amines is 1. The van der Waals surface area contributed by atoms with Crippen LogP contribution >= 0.6 is 23.2 Å². The van der Waals surface area contributed by atoms with Gasteiger partial charge in [0.15, 0.2) is 0 Å². The molecule has 0 radical (unpaired) electrons. The lowest BCUT2D eigenvalue weighted by Crippen LogP contribution is -2.33. The number of halogens is 5. The first-order valence-electron chi connectivity index (χ1n) is 8.65. The SMILES string of the molecule is CC(C#N)(c1ccc(Cl)c(C(F)(F)F)c1)c1ccc(-n2nc(C#N)c(=O)[nH]c2=O)cc1Cl. The summed E-state index contributed by atoms with van der Waals surface area (Å²) in [6.07, 6.45) is -4.73. The van der Waals surface area contributed by atoms with Gasteiger partial charge in [-0.2, -0.15) is 28.4 Å². The lowest BCUT2D eigenvalue weighted by Gasteiger charge is -2.25. The fraction of sp³-hybridized carbons (Fsp3) is 0.150. The Morgan fingerprint density at radius 1 is 1.03 bits per heavy atom. The summed E-state index contributed by atoms with van der Waals surface area (Å²) in [7, 11) is 0. The molecule has 32 heavy (non-hydrogen) atoms. The number of alkyl halides is 3. The van der Waals surface area contributed by atoms with Gasteiger partial charge >= 0.3 is 11.9 Å². The number of benzene rings is 2. The third-order valence-electron chi connectivity index (χ3n) is 4.74. The Morgan fingerprint density at radius 2 is 1.72 bits per heavy atom. The van der Waals surface area contributed by atoms with Gasteiger partial charge in [-0.25, -0.2) is 4.79 Å². The zero-order chi connectivity index (χ0) is 23.8. The van der Waals surface area contributed by atoms with Crippen molar-refractivity contribution in [2.45, 2.75) is 18.5 Å². The highest BCUT2D eigenvalue weighted by molar-refractivity contribution is 6.32. The fourth-order valence-corrected chi connectivity index (χ4v) is 3.61. The van der Waals surface area contributed by atoms with Gasteiger partial charge in [0, 0.05) is 5.02 Å². The molecule has 7 nitrogen and oxygen atoms in total. The zero-order valence-corrected chi connectivity index (χ0v) is 17.5. The largest absolute Gasteiger partial charge is 0.417 e. The van der Waals surface area contributed by atoms with Crippen molar-refractivity contribution in [2.24, 2.45) is 0 Å². The minimum absolute atomic E-state index is 0.00234. The van der Waals surface area contributed by atoms with E-state index >= 15 is 0 Å². The van der Waals surface area contributed by atoms with Crippen molar-refractivity contribution in [1.82, 2.24) is 14.8 Å². The molecule has 12 heteroatoms. The van der Waals surface area contributed by atoms with Gasteiger partial charge < -0.3 is 0 Å². The van der Waals surface area contributed by atoms with Crippen molar-refractivity contribution in [2.75, 3.05) is 0 Å². The molecule has 1 N–H and O–H groups in total. The number of H-pyrrole nitrogens is 1. The lowest BCUT2D eigenvalue weighted by atomic mass is 9.77. The van der Waals surface area contributed by atoms with Crippen molar-refractivity contribution in [3.05, 3.63) is 89.7 Å². The van der Waals surface area contributed by atoms with E-state index in [1.807, 2.05) is 11.1 Å². The number of hydrogen-bond acceptors (Lipinski definition) is 5. The first-order valence-corrected chi connectivity index (χ1v) is 9.40. The summed E-state index contributed by atoms with van der Waals surface area (Å²) in [5.74, 6) is 0. The average Bonchev–Trinajstić information content (AvgIpc) is 2.72. The molecule has 0 aliphatic carbocycles. The van der Waals surface area contributed by atoms with Crippen molar-refractivity contribution >= 4 is 23.2 Å². The maximum Gasteiger partial charge on any atom is 0.417 e. The Kier molecular flexibility index (Phi) is 5.88. The Balaban J connectivity index is 2.17. The monoisotopic (exact) mass is 479 g/mol. The highest BCUT2D eigenvalue weighted by Gasteiger charge is 2.37. The molecule has 0 aliphatic heterocycles. The molecule has 1 heterocycles. The van der Waals surface area contributed by atoms with Crippen molar-refractivity contribution in [3.8, 4) is 17.8 Å². The second kappa shape index (κ2) is 8.15. The predicted octanol–water partition coefficient (Wildman–Crippen LogP) is 3.95. The third-order valence-corrected chi connectivity index (χ3v) is 5.38. The summed E-state index contributed by atoms with van der Waals surface area (Å²) >= 11 is 12.0. The Bertz CT molecular complexity index is 1430. The number of nitrogens with zero attached hydrogens (tertiary/aromatic N) is 4. The van der Waals surface area contributed by atoms with Crippen LogP contribution in [-0.2, 0) is 11.6 Å². The molecule has 0 amide bonds. The lowest BCUT2D eigenvalue weighted by molar-refractivity contribution is -0.137. The van der Waals surface area contributed by atoms with E-state index < -0.39 is 39.1 Å². The third kappa shape index (κ3) is 3.98. The van der Waals surface area contributed by atoms with Crippen molar-refractivity contribution in [3.63, 3.8) is 0 Å².